The lowest BCUT2D eigenvalue weighted by atomic mass is 10.2. The molecular weight excluding hydrogens is 118 g/mol. The minimum absolute atomic E-state index is 0.388. The van der Waals surface area contributed by atoms with Crippen LogP contribution >= 0.6 is 0 Å². The number of quaternary nitrogens is 1. The van der Waals surface area contributed by atoms with Crippen LogP contribution in [0.25, 0.3) is 0 Å². The number of ether oxygens (including phenoxy) is 2. The van der Waals surface area contributed by atoms with Crippen molar-refractivity contribution in [3.63, 3.8) is 0 Å². The van der Waals surface area contributed by atoms with E-state index in [-0.39, 0.29) is 0 Å². The summed E-state index contributed by atoms with van der Waals surface area (Å²) in [7, 11) is 0. The van der Waals surface area contributed by atoms with Crippen LogP contribution in [-0.4, -0.2) is 38.5 Å². The molecule has 2 atom stereocenters. The van der Waals surface area contributed by atoms with Gasteiger partial charge in [-0.3, -0.25) is 0 Å². The number of hydrogen-bond donors (Lipinski definition) is 1. The van der Waals surface area contributed by atoms with Crippen molar-refractivity contribution in [1.29, 1.82) is 0 Å². The van der Waals surface area contributed by atoms with Crippen molar-refractivity contribution < 1.29 is 14.8 Å². The highest BCUT2D eigenvalue weighted by molar-refractivity contribution is 4.75. The third-order valence-corrected chi connectivity index (χ3v) is 1.96. The molecule has 52 valence electrons. The van der Waals surface area contributed by atoms with E-state index < -0.39 is 0 Å². The Morgan fingerprint density at radius 3 is 2.11 bits per heavy atom. The van der Waals surface area contributed by atoms with Crippen LogP contribution < -0.4 is 5.32 Å². The van der Waals surface area contributed by atoms with Gasteiger partial charge >= 0.3 is 0 Å². The van der Waals surface area contributed by atoms with E-state index in [9.17, 15) is 0 Å². The molecule has 2 rings (SSSR count). The maximum absolute atomic E-state index is 5.45. The van der Waals surface area contributed by atoms with Crippen LogP contribution in [0, 0.1) is 0 Å². The second kappa shape index (κ2) is 2.25. The molecule has 2 fully saturated rings. The molecule has 0 aliphatic carbocycles. The third kappa shape index (κ3) is 0.956. The third-order valence-electron chi connectivity index (χ3n) is 1.96. The Balaban J connectivity index is 1.97. The standard InChI is InChI=1S/C6H11NO2/c1-2-9-6-4-7-3-5(6)8-1/h5-7H,1-4H2/p+1/t5-,6+. The van der Waals surface area contributed by atoms with Crippen molar-refractivity contribution in [3.8, 4) is 0 Å². The van der Waals surface area contributed by atoms with E-state index in [0.29, 0.717) is 12.2 Å². The predicted molar refractivity (Wildman–Crippen MR) is 31.1 cm³/mol. The van der Waals surface area contributed by atoms with Gasteiger partial charge in [-0.05, 0) is 0 Å². The summed E-state index contributed by atoms with van der Waals surface area (Å²) in [5.41, 5.74) is 0. The van der Waals surface area contributed by atoms with Crippen LogP contribution in [0.5, 0.6) is 0 Å². The first kappa shape index (κ1) is 5.65. The summed E-state index contributed by atoms with van der Waals surface area (Å²) in [6, 6.07) is 0. The molecule has 0 aromatic rings. The zero-order valence-corrected chi connectivity index (χ0v) is 5.38. The molecule has 2 N–H and O–H groups in total. The van der Waals surface area contributed by atoms with Gasteiger partial charge in [-0.2, -0.15) is 0 Å². The van der Waals surface area contributed by atoms with Crippen molar-refractivity contribution in [3.05, 3.63) is 0 Å². The molecule has 0 aromatic carbocycles. The van der Waals surface area contributed by atoms with Crippen molar-refractivity contribution in [2.45, 2.75) is 12.2 Å². The van der Waals surface area contributed by atoms with Gasteiger partial charge in [-0.15, -0.1) is 0 Å². The average molecular weight is 130 g/mol. The summed E-state index contributed by atoms with van der Waals surface area (Å²) in [5, 5.41) is 2.25. The monoisotopic (exact) mass is 130 g/mol. The first-order valence-electron chi connectivity index (χ1n) is 3.52. The van der Waals surface area contributed by atoms with Crippen LogP contribution in [-0.2, 0) is 9.47 Å². The molecule has 0 bridgehead atoms. The first-order chi connectivity index (χ1) is 4.47. The summed E-state index contributed by atoms with van der Waals surface area (Å²) in [5.74, 6) is 0. The number of hydrogen-bond acceptors (Lipinski definition) is 2. The quantitative estimate of drug-likeness (QED) is 0.426. The largest absolute Gasteiger partial charge is 0.367 e. The molecule has 3 heteroatoms. The molecule has 0 amide bonds. The normalized spacial score (nSPS) is 42.7. The minimum Gasteiger partial charge on any atom is -0.367 e. The molecule has 0 unspecified atom stereocenters. The molecule has 3 nitrogen and oxygen atoms in total. The van der Waals surface area contributed by atoms with E-state index in [4.69, 9.17) is 9.47 Å². The lowest BCUT2D eigenvalue weighted by molar-refractivity contribution is -0.640. The molecule has 2 heterocycles. The number of fused-ring (bicyclic) bond motifs is 1. The summed E-state index contributed by atoms with van der Waals surface area (Å²) >= 11 is 0. The zero-order valence-electron chi connectivity index (χ0n) is 5.38. The highest BCUT2D eigenvalue weighted by atomic mass is 16.6. The Kier molecular flexibility index (Phi) is 1.41. The summed E-state index contributed by atoms with van der Waals surface area (Å²) in [6.07, 6.45) is 0.775. The summed E-state index contributed by atoms with van der Waals surface area (Å²) in [4.78, 5) is 0. The van der Waals surface area contributed by atoms with Gasteiger partial charge in [0, 0.05) is 0 Å². The molecule has 0 spiro atoms. The second-order valence-corrected chi connectivity index (χ2v) is 2.58. The van der Waals surface area contributed by atoms with E-state index in [1.807, 2.05) is 0 Å². The fraction of sp³-hybridized carbons (Fsp3) is 1.00. The Morgan fingerprint density at radius 2 is 1.56 bits per heavy atom. The van der Waals surface area contributed by atoms with Gasteiger partial charge in [-0.1, -0.05) is 0 Å². The van der Waals surface area contributed by atoms with Crippen molar-refractivity contribution in [2.24, 2.45) is 0 Å². The Morgan fingerprint density at radius 1 is 1.00 bits per heavy atom. The van der Waals surface area contributed by atoms with Gasteiger partial charge in [0.2, 0.25) is 0 Å². The highest BCUT2D eigenvalue weighted by Crippen LogP contribution is 2.09. The van der Waals surface area contributed by atoms with E-state index in [1.165, 1.54) is 0 Å². The van der Waals surface area contributed by atoms with Crippen molar-refractivity contribution in [2.75, 3.05) is 26.3 Å². The summed E-state index contributed by atoms with van der Waals surface area (Å²) in [6.45, 7) is 3.75. The van der Waals surface area contributed by atoms with Crippen LogP contribution in [0.15, 0.2) is 0 Å². The van der Waals surface area contributed by atoms with E-state index >= 15 is 0 Å². The highest BCUT2D eigenvalue weighted by Gasteiger charge is 2.34. The Hall–Kier alpha value is -0.120. The van der Waals surface area contributed by atoms with Gasteiger partial charge in [0.05, 0.1) is 13.2 Å². The van der Waals surface area contributed by atoms with Gasteiger partial charge in [0.25, 0.3) is 0 Å². The SMILES string of the molecule is C1CO[C@@H]2C[NH2+]C[C@@H]2O1. The molecule has 0 aromatic heterocycles. The van der Waals surface area contributed by atoms with Gasteiger partial charge < -0.3 is 14.8 Å². The first-order valence-corrected chi connectivity index (χ1v) is 3.52. The zero-order chi connectivity index (χ0) is 6.10. The molecule has 0 saturated carbocycles. The summed E-state index contributed by atoms with van der Waals surface area (Å²) < 4.78 is 10.9. The average Bonchev–Trinajstić information content (AvgIpc) is 2.33. The van der Waals surface area contributed by atoms with Gasteiger partial charge in [0.15, 0.2) is 0 Å². The molecule has 9 heavy (non-hydrogen) atoms. The topological polar surface area (TPSA) is 35.1 Å². The molecule has 2 saturated heterocycles. The minimum atomic E-state index is 0.388. The van der Waals surface area contributed by atoms with Crippen molar-refractivity contribution in [1.82, 2.24) is 0 Å². The molecule has 2 aliphatic heterocycles. The van der Waals surface area contributed by atoms with Crippen LogP contribution in [0.4, 0.5) is 0 Å². The number of nitrogens with two attached hydrogens (primary N) is 1. The maximum Gasteiger partial charge on any atom is 0.138 e. The maximum atomic E-state index is 5.45. The van der Waals surface area contributed by atoms with E-state index in [0.717, 1.165) is 26.3 Å². The lowest BCUT2D eigenvalue weighted by Crippen LogP contribution is -2.82. The second-order valence-electron chi connectivity index (χ2n) is 2.58. The van der Waals surface area contributed by atoms with Gasteiger partial charge in [-0.25, -0.2) is 0 Å². The molecular formula is C6H12NO2+. The number of rotatable bonds is 0. The van der Waals surface area contributed by atoms with Crippen LogP contribution in [0.1, 0.15) is 0 Å². The molecule has 2 aliphatic rings. The van der Waals surface area contributed by atoms with Crippen LogP contribution in [0.2, 0.25) is 0 Å². The fourth-order valence-electron chi connectivity index (χ4n) is 1.48. The Bertz CT molecular complexity index is 95.2. The lowest BCUT2D eigenvalue weighted by Gasteiger charge is -2.22. The smallest absolute Gasteiger partial charge is 0.138 e. The van der Waals surface area contributed by atoms with Crippen LogP contribution in [0.3, 0.4) is 0 Å². The van der Waals surface area contributed by atoms with E-state index in [1.54, 1.807) is 0 Å². The predicted octanol–water partition coefficient (Wildman–Crippen LogP) is -1.65. The van der Waals surface area contributed by atoms with Crippen molar-refractivity contribution >= 4 is 0 Å². The fourth-order valence-corrected chi connectivity index (χ4v) is 1.48. The molecule has 0 radical (unpaired) electrons. The van der Waals surface area contributed by atoms with Gasteiger partial charge in [0.1, 0.15) is 25.3 Å². The Labute approximate surface area is 54.3 Å². The van der Waals surface area contributed by atoms with E-state index in [2.05, 4.69) is 5.32 Å².